The van der Waals surface area contributed by atoms with Gasteiger partial charge in [-0.3, -0.25) is 0 Å². The first-order valence-corrected chi connectivity index (χ1v) is 8.15. The molecule has 0 aliphatic rings. The normalized spacial score (nSPS) is 12.8. The Balaban J connectivity index is 2.40. The lowest BCUT2D eigenvalue weighted by Gasteiger charge is -2.09. The Labute approximate surface area is 129 Å². The minimum absolute atomic E-state index is 0.0122. The van der Waals surface area contributed by atoms with Gasteiger partial charge < -0.3 is 0 Å². The molecule has 1 unspecified atom stereocenters. The third kappa shape index (κ3) is 3.00. The molecule has 0 amide bonds. The minimum atomic E-state index is -0.239. The van der Waals surface area contributed by atoms with Crippen LogP contribution in [-0.4, -0.2) is 0 Å². The molecule has 1 atom stereocenters. The van der Waals surface area contributed by atoms with Crippen molar-refractivity contribution in [1.29, 1.82) is 0 Å². The Morgan fingerprint density at radius 2 is 1.88 bits per heavy atom. The third-order valence-electron chi connectivity index (χ3n) is 2.30. The molecule has 2 rings (SSSR count). The van der Waals surface area contributed by atoms with Gasteiger partial charge in [0.1, 0.15) is 5.82 Å². The summed E-state index contributed by atoms with van der Waals surface area (Å²) in [5.74, 6) is -0.239. The van der Waals surface area contributed by atoms with Crippen molar-refractivity contribution in [3.8, 4) is 0 Å². The fraction of sp³-hybridized carbons (Fsp3) is 0.167. The summed E-state index contributed by atoms with van der Waals surface area (Å²) in [6.45, 7) is 2.06. The molecule has 0 fully saturated rings. The first-order chi connectivity index (χ1) is 7.99. The van der Waals surface area contributed by atoms with E-state index in [-0.39, 0.29) is 10.6 Å². The molecule has 17 heavy (non-hydrogen) atoms. The molecule has 0 nitrogen and oxygen atoms in total. The molecule has 0 bridgehead atoms. The molecule has 90 valence electrons. The van der Waals surface area contributed by atoms with Gasteiger partial charge >= 0.3 is 0 Å². The average Bonchev–Trinajstić information content (AvgIpc) is 2.61. The van der Waals surface area contributed by atoms with E-state index in [4.69, 9.17) is 0 Å². The first kappa shape index (κ1) is 13.7. The molecule has 0 N–H and O–H groups in total. The highest BCUT2D eigenvalue weighted by Crippen LogP contribution is 2.41. The van der Waals surface area contributed by atoms with Crippen molar-refractivity contribution in [2.45, 2.75) is 11.8 Å². The van der Waals surface area contributed by atoms with Crippen LogP contribution in [0.15, 0.2) is 33.2 Å². The van der Waals surface area contributed by atoms with Crippen LogP contribution in [-0.2, 0) is 0 Å². The van der Waals surface area contributed by atoms with Crippen LogP contribution >= 0.6 is 59.1 Å². The van der Waals surface area contributed by atoms with Gasteiger partial charge in [0.2, 0.25) is 0 Å². The van der Waals surface area contributed by atoms with Gasteiger partial charge in [0, 0.05) is 14.2 Å². The maximum Gasteiger partial charge on any atom is 0.137 e. The van der Waals surface area contributed by atoms with Crippen molar-refractivity contribution >= 4 is 59.1 Å². The van der Waals surface area contributed by atoms with Crippen molar-refractivity contribution in [3.63, 3.8) is 0 Å². The second-order valence-electron chi connectivity index (χ2n) is 3.61. The lowest BCUT2D eigenvalue weighted by molar-refractivity contribution is 0.619. The molecule has 0 saturated heterocycles. The zero-order valence-corrected chi connectivity index (χ0v) is 14.4. The number of benzene rings is 1. The van der Waals surface area contributed by atoms with E-state index >= 15 is 0 Å². The van der Waals surface area contributed by atoms with Crippen molar-refractivity contribution in [2.75, 3.05) is 0 Å². The van der Waals surface area contributed by atoms with Crippen LogP contribution in [0.5, 0.6) is 0 Å². The van der Waals surface area contributed by atoms with Crippen LogP contribution in [0.1, 0.15) is 20.1 Å². The average molecular weight is 443 g/mol. The van der Waals surface area contributed by atoms with Crippen LogP contribution in [0.4, 0.5) is 4.39 Å². The van der Waals surface area contributed by atoms with Crippen LogP contribution in [0.2, 0.25) is 0 Å². The topological polar surface area (TPSA) is 0 Å². The van der Waals surface area contributed by atoms with Gasteiger partial charge in [0.25, 0.3) is 0 Å². The van der Waals surface area contributed by atoms with E-state index in [0.717, 1.165) is 14.9 Å². The van der Waals surface area contributed by atoms with E-state index < -0.39 is 0 Å². The predicted octanol–water partition coefficient (Wildman–Crippen LogP) is 6.20. The summed E-state index contributed by atoms with van der Waals surface area (Å²) in [7, 11) is 0. The van der Waals surface area contributed by atoms with E-state index in [1.54, 1.807) is 23.5 Å². The monoisotopic (exact) mass is 440 g/mol. The summed E-state index contributed by atoms with van der Waals surface area (Å²) in [4.78, 5) is 2.40. The molecule has 0 radical (unpaired) electrons. The third-order valence-corrected chi connectivity index (χ3v) is 6.27. The Morgan fingerprint density at radius 1 is 1.18 bits per heavy atom. The van der Waals surface area contributed by atoms with E-state index in [1.165, 1.54) is 4.88 Å². The highest BCUT2D eigenvalue weighted by atomic mass is 79.9. The maximum atomic E-state index is 13.5. The minimum Gasteiger partial charge on any atom is -0.206 e. The summed E-state index contributed by atoms with van der Waals surface area (Å²) in [5.41, 5.74) is 0.910. The molecule has 0 saturated carbocycles. The zero-order valence-electron chi connectivity index (χ0n) is 8.81. The van der Waals surface area contributed by atoms with Crippen molar-refractivity contribution in [2.24, 2.45) is 0 Å². The Bertz CT molecular complexity index is 551. The Morgan fingerprint density at radius 3 is 2.41 bits per heavy atom. The summed E-state index contributed by atoms with van der Waals surface area (Å²) in [6, 6.07) is 7.26. The molecular weight excluding hydrogens is 435 g/mol. The van der Waals surface area contributed by atoms with E-state index in [9.17, 15) is 4.39 Å². The van der Waals surface area contributed by atoms with Gasteiger partial charge in [-0.15, -0.1) is 11.3 Å². The number of hydrogen-bond donors (Lipinski definition) is 0. The SMILES string of the molecule is Cc1cc(Br)c(C(Br)c2ccc(Br)c(F)c2)s1. The first-order valence-electron chi connectivity index (χ1n) is 4.84. The number of rotatable bonds is 2. The molecule has 0 spiro atoms. The van der Waals surface area contributed by atoms with Crippen molar-refractivity contribution in [1.82, 2.24) is 0 Å². The summed E-state index contributed by atoms with van der Waals surface area (Å²) < 4.78 is 15.0. The smallest absolute Gasteiger partial charge is 0.137 e. The molecule has 0 aliphatic heterocycles. The molecule has 1 heterocycles. The lowest BCUT2D eigenvalue weighted by Crippen LogP contribution is -1.92. The molecular formula is C12H8Br3FS. The van der Waals surface area contributed by atoms with Crippen molar-refractivity contribution in [3.05, 3.63) is 54.3 Å². The molecule has 1 aromatic heterocycles. The standard InChI is InChI=1S/C12H8Br3FS/c1-6-4-9(14)12(17-6)11(15)7-2-3-8(13)10(16)5-7/h2-5,11H,1H3. The van der Waals surface area contributed by atoms with Gasteiger partial charge in [0.15, 0.2) is 0 Å². The van der Waals surface area contributed by atoms with E-state index in [0.29, 0.717) is 4.47 Å². The van der Waals surface area contributed by atoms with Crippen LogP contribution in [0, 0.1) is 12.7 Å². The summed E-state index contributed by atoms with van der Waals surface area (Å²) in [5, 5.41) is 0. The zero-order chi connectivity index (χ0) is 12.6. The molecule has 5 heteroatoms. The highest BCUT2D eigenvalue weighted by molar-refractivity contribution is 9.11. The van der Waals surface area contributed by atoms with E-state index in [2.05, 4.69) is 60.8 Å². The number of aryl methyl sites for hydroxylation is 1. The van der Waals surface area contributed by atoms with E-state index in [1.807, 2.05) is 6.07 Å². The largest absolute Gasteiger partial charge is 0.206 e. The van der Waals surface area contributed by atoms with Gasteiger partial charge in [-0.1, -0.05) is 22.0 Å². The summed E-state index contributed by atoms with van der Waals surface area (Å²) in [6.07, 6.45) is 0. The van der Waals surface area contributed by atoms with Crippen LogP contribution < -0.4 is 0 Å². The number of halogens is 4. The van der Waals surface area contributed by atoms with Gasteiger partial charge in [-0.2, -0.15) is 0 Å². The summed E-state index contributed by atoms with van der Waals surface area (Å²) >= 11 is 12.0. The van der Waals surface area contributed by atoms with Crippen molar-refractivity contribution < 1.29 is 4.39 Å². The molecule has 0 aliphatic carbocycles. The Hall–Kier alpha value is 0.290. The fourth-order valence-electron chi connectivity index (χ4n) is 1.50. The van der Waals surface area contributed by atoms with Gasteiger partial charge in [-0.05, 0) is 62.5 Å². The van der Waals surface area contributed by atoms with Crippen LogP contribution in [0.25, 0.3) is 0 Å². The number of alkyl halides is 1. The van der Waals surface area contributed by atoms with Crippen LogP contribution in [0.3, 0.4) is 0 Å². The lowest BCUT2D eigenvalue weighted by atomic mass is 10.1. The number of hydrogen-bond acceptors (Lipinski definition) is 1. The van der Waals surface area contributed by atoms with Gasteiger partial charge in [-0.25, -0.2) is 4.39 Å². The predicted molar refractivity (Wildman–Crippen MR) is 81.6 cm³/mol. The number of thiophene rings is 1. The quantitative estimate of drug-likeness (QED) is 0.485. The second-order valence-corrected chi connectivity index (χ2v) is 7.52. The molecule has 2 aromatic rings. The highest BCUT2D eigenvalue weighted by Gasteiger charge is 2.17. The Kier molecular flexibility index (Phi) is 4.45. The van der Waals surface area contributed by atoms with Gasteiger partial charge in [0.05, 0.1) is 9.30 Å². The maximum absolute atomic E-state index is 13.5. The second kappa shape index (κ2) is 5.51. The fourth-order valence-corrected chi connectivity index (χ4v) is 4.75. The molecule has 1 aromatic carbocycles.